The molecule has 1 amide bonds. The number of hydrogen-bond acceptors (Lipinski definition) is 4. The fourth-order valence-electron chi connectivity index (χ4n) is 3.52. The lowest BCUT2D eigenvalue weighted by Crippen LogP contribution is -2.53. The van der Waals surface area contributed by atoms with E-state index in [4.69, 9.17) is 4.74 Å². The molecule has 2 unspecified atom stereocenters. The minimum Gasteiger partial charge on any atom is -0.443 e. The molecule has 0 saturated heterocycles. The van der Waals surface area contributed by atoms with Gasteiger partial charge in [0, 0.05) is 23.4 Å². The zero-order chi connectivity index (χ0) is 17.0. The molecule has 0 spiro atoms. The molecule has 2 atom stereocenters. The van der Waals surface area contributed by atoms with Crippen LogP contribution in [0.15, 0.2) is 18.5 Å². The number of ether oxygens (including phenoxy) is 1. The van der Waals surface area contributed by atoms with Gasteiger partial charge in [-0.1, -0.05) is 13.8 Å². The van der Waals surface area contributed by atoms with Crippen molar-refractivity contribution in [2.75, 3.05) is 4.90 Å². The summed E-state index contributed by atoms with van der Waals surface area (Å²) in [7, 11) is 0. The van der Waals surface area contributed by atoms with Crippen molar-refractivity contribution in [3.63, 3.8) is 0 Å². The van der Waals surface area contributed by atoms with Crippen LogP contribution in [0.1, 0.15) is 53.0 Å². The molecule has 5 nitrogen and oxygen atoms in total. The van der Waals surface area contributed by atoms with E-state index in [1.54, 1.807) is 17.3 Å². The SMILES string of the molecule is CC(C)(C)OC(=O)N1c2ccncc2C(C)(C)C1C(O)C1CC1. The van der Waals surface area contributed by atoms with Crippen LogP contribution >= 0.6 is 0 Å². The molecule has 1 aliphatic carbocycles. The number of aliphatic hydroxyl groups excluding tert-OH is 1. The highest BCUT2D eigenvalue weighted by molar-refractivity contribution is 5.92. The van der Waals surface area contributed by atoms with Crippen LogP contribution in [0.4, 0.5) is 10.5 Å². The average molecular weight is 318 g/mol. The van der Waals surface area contributed by atoms with Gasteiger partial charge in [-0.15, -0.1) is 0 Å². The predicted octanol–water partition coefficient (Wildman–Crippen LogP) is 3.25. The van der Waals surface area contributed by atoms with E-state index in [-0.39, 0.29) is 17.4 Å². The summed E-state index contributed by atoms with van der Waals surface area (Å²) in [6.07, 6.45) is 4.56. The van der Waals surface area contributed by atoms with E-state index in [0.717, 1.165) is 24.1 Å². The molecule has 1 aromatic heterocycles. The van der Waals surface area contributed by atoms with Gasteiger partial charge in [-0.25, -0.2) is 4.79 Å². The Morgan fingerprint density at radius 2 is 2.09 bits per heavy atom. The summed E-state index contributed by atoms with van der Waals surface area (Å²) in [6.45, 7) is 9.69. The molecule has 1 N–H and O–H groups in total. The van der Waals surface area contributed by atoms with Crippen LogP contribution < -0.4 is 4.90 Å². The van der Waals surface area contributed by atoms with Gasteiger partial charge in [0.05, 0.1) is 17.8 Å². The summed E-state index contributed by atoms with van der Waals surface area (Å²) in [4.78, 5) is 18.7. The van der Waals surface area contributed by atoms with E-state index in [9.17, 15) is 9.90 Å². The molecule has 0 radical (unpaired) electrons. The summed E-state index contributed by atoms with van der Waals surface area (Å²) < 4.78 is 5.61. The number of anilines is 1. The van der Waals surface area contributed by atoms with Crippen molar-refractivity contribution in [2.45, 2.75) is 70.6 Å². The quantitative estimate of drug-likeness (QED) is 0.909. The number of nitrogens with zero attached hydrogens (tertiary/aromatic N) is 2. The second-order valence-electron chi connectivity index (χ2n) is 8.24. The first-order valence-electron chi connectivity index (χ1n) is 8.27. The van der Waals surface area contributed by atoms with Crippen molar-refractivity contribution in [3.8, 4) is 0 Å². The maximum Gasteiger partial charge on any atom is 0.415 e. The minimum absolute atomic E-state index is 0.270. The second-order valence-corrected chi connectivity index (χ2v) is 8.24. The highest BCUT2D eigenvalue weighted by Gasteiger charge is 2.54. The monoisotopic (exact) mass is 318 g/mol. The van der Waals surface area contributed by atoms with Crippen LogP contribution in [0.5, 0.6) is 0 Å². The first-order valence-corrected chi connectivity index (χ1v) is 8.27. The van der Waals surface area contributed by atoms with E-state index in [1.807, 2.05) is 26.8 Å². The zero-order valence-electron chi connectivity index (χ0n) is 14.5. The molecular formula is C18H26N2O3. The largest absolute Gasteiger partial charge is 0.443 e. The van der Waals surface area contributed by atoms with Gasteiger partial charge in [-0.05, 0) is 45.6 Å². The molecular weight excluding hydrogens is 292 g/mol. The summed E-state index contributed by atoms with van der Waals surface area (Å²) in [5.74, 6) is 0.270. The first kappa shape index (κ1) is 16.2. The number of carbonyl (C=O) groups excluding carboxylic acids is 1. The van der Waals surface area contributed by atoms with Gasteiger partial charge in [0.2, 0.25) is 0 Å². The standard InChI is InChI=1S/C18H26N2O3/c1-17(2,3)23-16(22)20-13-8-9-19-10-12(13)18(4,5)15(20)14(21)11-6-7-11/h8-11,14-15,21H,6-7H2,1-5H3. The molecule has 0 bridgehead atoms. The number of aliphatic hydroxyl groups is 1. The minimum atomic E-state index is -0.577. The van der Waals surface area contributed by atoms with Crippen molar-refractivity contribution in [1.29, 1.82) is 0 Å². The molecule has 1 saturated carbocycles. The maximum atomic E-state index is 12.8. The third-order valence-electron chi connectivity index (χ3n) is 4.79. The van der Waals surface area contributed by atoms with Gasteiger partial charge >= 0.3 is 6.09 Å². The molecule has 1 aromatic rings. The number of pyridine rings is 1. The first-order chi connectivity index (χ1) is 10.6. The summed E-state index contributed by atoms with van der Waals surface area (Å²) in [5.41, 5.74) is 0.828. The number of amides is 1. The van der Waals surface area contributed by atoms with Crippen LogP contribution in [0, 0.1) is 5.92 Å². The Bertz CT molecular complexity index is 617. The van der Waals surface area contributed by atoms with Crippen LogP contribution in [0.3, 0.4) is 0 Å². The van der Waals surface area contributed by atoms with Crippen LogP contribution in [0.25, 0.3) is 0 Å². The number of carbonyl (C=O) groups is 1. The fraction of sp³-hybridized carbons (Fsp3) is 0.667. The van der Waals surface area contributed by atoms with Crippen LogP contribution in [0.2, 0.25) is 0 Å². The van der Waals surface area contributed by atoms with Crippen LogP contribution in [-0.2, 0) is 10.2 Å². The fourth-order valence-corrected chi connectivity index (χ4v) is 3.52. The smallest absolute Gasteiger partial charge is 0.415 e. The highest BCUT2D eigenvalue weighted by atomic mass is 16.6. The Kier molecular flexibility index (Phi) is 3.67. The zero-order valence-corrected chi connectivity index (χ0v) is 14.5. The molecule has 126 valence electrons. The third-order valence-corrected chi connectivity index (χ3v) is 4.79. The average Bonchev–Trinajstić information content (AvgIpc) is 3.23. The molecule has 3 rings (SSSR count). The summed E-state index contributed by atoms with van der Waals surface area (Å²) in [5, 5.41) is 10.8. The van der Waals surface area contributed by atoms with Gasteiger partial charge in [-0.3, -0.25) is 9.88 Å². The molecule has 1 fully saturated rings. The lowest BCUT2D eigenvalue weighted by Gasteiger charge is -2.37. The van der Waals surface area contributed by atoms with Gasteiger partial charge < -0.3 is 9.84 Å². The molecule has 2 aliphatic rings. The van der Waals surface area contributed by atoms with Crippen molar-refractivity contribution in [2.24, 2.45) is 5.92 Å². The Balaban J connectivity index is 2.03. The van der Waals surface area contributed by atoms with Crippen molar-refractivity contribution in [3.05, 3.63) is 24.0 Å². The molecule has 5 heteroatoms. The number of hydrogen-bond donors (Lipinski definition) is 1. The number of aromatic nitrogens is 1. The lowest BCUT2D eigenvalue weighted by atomic mass is 9.78. The van der Waals surface area contributed by atoms with Crippen molar-refractivity contribution >= 4 is 11.8 Å². The summed E-state index contributed by atoms with van der Waals surface area (Å²) >= 11 is 0. The Morgan fingerprint density at radius 1 is 1.43 bits per heavy atom. The third kappa shape index (κ3) is 2.82. The van der Waals surface area contributed by atoms with Gasteiger partial charge in [-0.2, -0.15) is 0 Å². The molecule has 0 aromatic carbocycles. The van der Waals surface area contributed by atoms with Gasteiger partial charge in [0.15, 0.2) is 0 Å². The molecule has 23 heavy (non-hydrogen) atoms. The second kappa shape index (κ2) is 5.20. The van der Waals surface area contributed by atoms with Crippen LogP contribution in [-0.4, -0.2) is 33.9 Å². The topological polar surface area (TPSA) is 62.7 Å². The summed E-state index contributed by atoms with van der Waals surface area (Å²) in [6, 6.07) is 1.50. The van der Waals surface area contributed by atoms with E-state index in [0.29, 0.717) is 0 Å². The maximum absolute atomic E-state index is 12.8. The Morgan fingerprint density at radius 3 is 2.65 bits per heavy atom. The highest BCUT2D eigenvalue weighted by Crippen LogP contribution is 2.50. The number of rotatable bonds is 2. The van der Waals surface area contributed by atoms with Gasteiger partial charge in [0.25, 0.3) is 0 Å². The Hall–Kier alpha value is -1.62. The van der Waals surface area contributed by atoms with E-state index in [1.165, 1.54) is 0 Å². The number of fused-ring (bicyclic) bond motifs is 1. The Labute approximate surface area is 137 Å². The molecule has 2 heterocycles. The van der Waals surface area contributed by atoms with E-state index >= 15 is 0 Å². The van der Waals surface area contributed by atoms with Gasteiger partial charge in [0.1, 0.15) is 5.60 Å². The lowest BCUT2D eigenvalue weighted by molar-refractivity contribution is 0.0450. The normalized spacial score (nSPS) is 24.3. The van der Waals surface area contributed by atoms with Crippen molar-refractivity contribution < 1.29 is 14.6 Å². The predicted molar refractivity (Wildman–Crippen MR) is 88.5 cm³/mol. The molecule has 1 aliphatic heterocycles. The van der Waals surface area contributed by atoms with E-state index < -0.39 is 17.8 Å². The van der Waals surface area contributed by atoms with Crippen molar-refractivity contribution in [1.82, 2.24) is 4.98 Å². The van der Waals surface area contributed by atoms with E-state index in [2.05, 4.69) is 18.8 Å².